The molecule has 1 atom stereocenters. The Kier molecular flexibility index (Phi) is 8.22. The van der Waals surface area contributed by atoms with Gasteiger partial charge in [0.2, 0.25) is 0 Å². The molecule has 0 aromatic rings. The van der Waals surface area contributed by atoms with Gasteiger partial charge in [0.25, 0.3) is 0 Å². The van der Waals surface area contributed by atoms with Crippen LogP contribution in [0.15, 0.2) is 40.6 Å². The van der Waals surface area contributed by atoms with E-state index in [0.717, 1.165) is 18.4 Å². The van der Waals surface area contributed by atoms with Gasteiger partial charge in [-0.1, -0.05) is 32.1 Å². The number of hydrogen-bond acceptors (Lipinski definition) is 2. The number of hydrogen-bond donors (Lipinski definition) is 1. The maximum Gasteiger partial charge on any atom is 0.0717 e. The highest BCUT2D eigenvalue weighted by Crippen LogP contribution is 2.10. The Labute approximate surface area is 99.6 Å². The lowest BCUT2D eigenvalue weighted by atomic mass is 10.1. The third-order valence-corrected chi connectivity index (χ3v) is 2.23. The fraction of sp³-hybridized carbons (Fsp3) is 0.500. The summed E-state index contributed by atoms with van der Waals surface area (Å²) in [6.07, 6.45) is 12.0. The summed E-state index contributed by atoms with van der Waals surface area (Å²) in [5.41, 5.74) is 7.65. The van der Waals surface area contributed by atoms with Crippen LogP contribution in [-0.2, 0) is 0 Å². The van der Waals surface area contributed by atoms with Gasteiger partial charge in [0.05, 0.1) is 6.04 Å². The Bertz CT molecular complexity index is 296. The molecule has 0 aliphatic carbocycles. The highest BCUT2D eigenvalue weighted by Gasteiger charge is 2.01. The largest absolute Gasteiger partial charge is 0.404 e. The highest BCUT2D eigenvalue weighted by molar-refractivity contribution is 5.77. The molecule has 0 radical (unpaired) electrons. The van der Waals surface area contributed by atoms with Crippen molar-refractivity contribution in [1.82, 2.24) is 0 Å². The first-order valence-electron chi connectivity index (χ1n) is 5.93. The summed E-state index contributed by atoms with van der Waals surface area (Å²) in [5.74, 6) is 0. The van der Waals surface area contributed by atoms with Gasteiger partial charge >= 0.3 is 0 Å². The zero-order valence-corrected chi connectivity index (χ0v) is 10.9. The van der Waals surface area contributed by atoms with E-state index in [2.05, 4.69) is 44.0 Å². The van der Waals surface area contributed by atoms with Crippen molar-refractivity contribution in [3.05, 3.63) is 35.6 Å². The standard InChI is InChI=1S/C14H24N2/c1-5-7-9-14(8-6-2)13(4)16-11-12(3)10-15/h7-11,13H,5-6,15H2,1-4H3/b9-7+,12-10-,14-8+,16-11?. The molecule has 0 rings (SSSR count). The summed E-state index contributed by atoms with van der Waals surface area (Å²) in [6, 6.07) is 0.192. The third-order valence-electron chi connectivity index (χ3n) is 2.23. The van der Waals surface area contributed by atoms with Gasteiger partial charge in [0.1, 0.15) is 0 Å². The van der Waals surface area contributed by atoms with Crippen LogP contribution in [0.4, 0.5) is 0 Å². The first kappa shape index (κ1) is 14.7. The second-order valence-corrected chi connectivity index (χ2v) is 3.79. The van der Waals surface area contributed by atoms with Crippen LogP contribution in [0.5, 0.6) is 0 Å². The molecule has 2 nitrogen and oxygen atoms in total. The van der Waals surface area contributed by atoms with E-state index in [9.17, 15) is 0 Å². The second-order valence-electron chi connectivity index (χ2n) is 3.79. The number of nitrogens with zero attached hydrogens (tertiary/aromatic N) is 1. The summed E-state index contributed by atoms with van der Waals surface area (Å²) in [5, 5.41) is 0. The maximum atomic E-state index is 5.39. The lowest BCUT2D eigenvalue weighted by Gasteiger charge is -2.07. The minimum atomic E-state index is 0.192. The molecule has 0 spiro atoms. The van der Waals surface area contributed by atoms with Crippen molar-refractivity contribution in [2.24, 2.45) is 10.7 Å². The highest BCUT2D eigenvalue weighted by atomic mass is 14.8. The van der Waals surface area contributed by atoms with Gasteiger partial charge in [-0.2, -0.15) is 0 Å². The molecule has 2 heteroatoms. The number of allylic oxidation sites excluding steroid dienone is 3. The quantitative estimate of drug-likeness (QED) is 0.539. The van der Waals surface area contributed by atoms with Crippen molar-refractivity contribution >= 4 is 6.21 Å². The lowest BCUT2D eigenvalue weighted by molar-refractivity contribution is 0.880. The van der Waals surface area contributed by atoms with Gasteiger partial charge in [0, 0.05) is 6.21 Å². The van der Waals surface area contributed by atoms with Gasteiger partial charge < -0.3 is 5.73 Å². The van der Waals surface area contributed by atoms with Gasteiger partial charge in [-0.15, -0.1) is 0 Å². The summed E-state index contributed by atoms with van der Waals surface area (Å²) in [4.78, 5) is 4.47. The lowest BCUT2D eigenvalue weighted by Crippen LogP contribution is -2.02. The molecule has 0 heterocycles. The topological polar surface area (TPSA) is 38.4 Å². The fourth-order valence-corrected chi connectivity index (χ4v) is 1.23. The van der Waals surface area contributed by atoms with E-state index in [-0.39, 0.29) is 6.04 Å². The Morgan fingerprint density at radius 2 is 2.00 bits per heavy atom. The van der Waals surface area contributed by atoms with Crippen molar-refractivity contribution < 1.29 is 0 Å². The zero-order chi connectivity index (χ0) is 12.4. The van der Waals surface area contributed by atoms with Crippen LogP contribution < -0.4 is 5.73 Å². The Morgan fingerprint density at radius 3 is 2.50 bits per heavy atom. The minimum Gasteiger partial charge on any atom is -0.404 e. The van der Waals surface area contributed by atoms with E-state index in [1.54, 1.807) is 6.20 Å². The van der Waals surface area contributed by atoms with Crippen LogP contribution in [0.3, 0.4) is 0 Å². The summed E-state index contributed by atoms with van der Waals surface area (Å²) >= 11 is 0. The van der Waals surface area contributed by atoms with Crippen LogP contribution in [0.25, 0.3) is 0 Å². The molecule has 0 fully saturated rings. The van der Waals surface area contributed by atoms with E-state index in [1.807, 2.05) is 13.1 Å². The summed E-state index contributed by atoms with van der Waals surface area (Å²) in [7, 11) is 0. The van der Waals surface area contributed by atoms with Gasteiger partial charge in [-0.3, -0.25) is 4.99 Å². The monoisotopic (exact) mass is 220 g/mol. The molecular weight excluding hydrogens is 196 g/mol. The number of aliphatic imine (C=N–C) groups is 1. The number of nitrogens with two attached hydrogens (primary N) is 1. The average molecular weight is 220 g/mol. The predicted molar refractivity (Wildman–Crippen MR) is 73.7 cm³/mol. The molecule has 0 aromatic heterocycles. The predicted octanol–water partition coefficient (Wildman–Crippen LogP) is 3.61. The van der Waals surface area contributed by atoms with Gasteiger partial charge in [-0.25, -0.2) is 0 Å². The maximum absolute atomic E-state index is 5.39. The summed E-state index contributed by atoms with van der Waals surface area (Å²) < 4.78 is 0. The summed E-state index contributed by atoms with van der Waals surface area (Å²) in [6.45, 7) is 8.32. The molecule has 0 saturated heterocycles. The Balaban J connectivity index is 4.63. The SMILES string of the molecule is CC/C=C/C(=C\CC)C(C)N=C/C(C)=C\N. The van der Waals surface area contributed by atoms with Gasteiger partial charge in [0.15, 0.2) is 0 Å². The minimum absolute atomic E-state index is 0.192. The van der Waals surface area contributed by atoms with E-state index < -0.39 is 0 Å². The zero-order valence-electron chi connectivity index (χ0n) is 10.9. The normalized spacial score (nSPS) is 16.2. The molecule has 0 aliphatic heterocycles. The van der Waals surface area contributed by atoms with Crippen LogP contribution in [-0.4, -0.2) is 12.3 Å². The molecular formula is C14H24N2. The second kappa shape index (κ2) is 8.96. The van der Waals surface area contributed by atoms with E-state index in [4.69, 9.17) is 5.73 Å². The Morgan fingerprint density at radius 1 is 1.31 bits per heavy atom. The number of rotatable bonds is 6. The van der Waals surface area contributed by atoms with Crippen LogP contribution in [0, 0.1) is 0 Å². The van der Waals surface area contributed by atoms with E-state index in [1.165, 1.54) is 5.57 Å². The van der Waals surface area contributed by atoms with Crippen molar-refractivity contribution in [3.8, 4) is 0 Å². The molecule has 0 saturated carbocycles. The molecule has 16 heavy (non-hydrogen) atoms. The fourth-order valence-electron chi connectivity index (χ4n) is 1.23. The molecule has 0 bridgehead atoms. The molecule has 0 aliphatic rings. The third kappa shape index (κ3) is 6.23. The van der Waals surface area contributed by atoms with Gasteiger partial charge in [-0.05, 0) is 44.0 Å². The first-order valence-corrected chi connectivity index (χ1v) is 5.93. The first-order chi connectivity index (χ1) is 7.65. The average Bonchev–Trinajstić information content (AvgIpc) is 2.30. The molecule has 1 unspecified atom stereocenters. The molecule has 0 aromatic carbocycles. The molecule has 0 amide bonds. The van der Waals surface area contributed by atoms with Crippen molar-refractivity contribution in [2.45, 2.75) is 46.6 Å². The van der Waals surface area contributed by atoms with Crippen LogP contribution in [0.1, 0.15) is 40.5 Å². The van der Waals surface area contributed by atoms with Crippen molar-refractivity contribution in [2.75, 3.05) is 0 Å². The van der Waals surface area contributed by atoms with Crippen molar-refractivity contribution in [3.63, 3.8) is 0 Å². The molecule has 2 N–H and O–H groups in total. The van der Waals surface area contributed by atoms with Crippen LogP contribution in [0.2, 0.25) is 0 Å². The van der Waals surface area contributed by atoms with Crippen molar-refractivity contribution in [1.29, 1.82) is 0 Å². The van der Waals surface area contributed by atoms with E-state index >= 15 is 0 Å². The smallest absolute Gasteiger partial charge is 0.0717 e. The van der Waals surface area contributed by atoms with Crippen LogP contribution >= 0.6 is 0 Å². The molecule has 90 valence electrons. The Hall–Kier alpha value is -1.31. The van der Waals surface area contributed by atoms with E-state index in [0.29, 0.717) is 0 Å².